The number of benzene rings is 10. The minimum atomic E-state index is -0.131. The van der Waals surface area contributed by atoms with Gasteiger partial charge in [0.2, 0.25) is 0 Å². The minimum absolute atomic E-state index is 0.131. The Morgan fingerprint density at radius 2 is 0.797 bits per heavy atom. The van der Waals surface area contributed by atoms with Crippen molar-refractivity contribution >= 4 is 51.0 Å². The van der Waals surface area contributed by atoms with Gasteiger partial charge in [-0.25, -0.2) is 0 Å². The summed E-state index contributed by atoms with van der Waals surface area (Å²) in [5, 5.41) is 2.48. The van der Waals surface area contributed by atoms with Crippen molar-refractivity contribution in [1.82, 2.24) is 4.57 Å². The molecule has 0 amide bonds. The Labute approximate surface area is 468 Å². The molecule has 1 heterocycles. The lowest BCUT2D eigenvalue weighted by molar-refractivity contribution is 0.401. The van der Waals surface area contributed by atoms with Crippen LogP contribution >= 0.6 is 0 Å². The van der Waals surface area contributed by atoms with Gasteiger partial charge in [0.05, 0.1) is 11.0 Å². The molecule has 2 nitrogen and oxygen atoms in total. The van der Waals surface area contributed by atoms with Crippen LogP contribution in [0, 0.1) is 0 Å². The van der Waals surface area contributed by atoms with E-state index in [1.807, 2.05) is 12.2 Å². The molecule has 0 atom stereocenters. The summed E-state index contributed by atoms with van der Waals surface area (Å²) >= 11 is 0. The molecule has 0 bridgehead atoms. The maximum Gasteiger partial charge on any atom is 0.0541 e. The van der Waals surface area contributed by atoms with E-state index in [2.05, 4.69) is 267 Å². The van der Waals surface area contributed by atoms with E-state index < -0.39 is 0 Å². The molecule has 1 aliphatic rings. The Morgan fingerprint density at radius 3 is 1.27 bits per heavy atom. The van der Waals surface area contributed by atoms with Crippen molar-refractivity contribution in [1.29, 1.82) is 0 Å². The number of hydrogen-bond donors (Lipinski definition) is 0. The first-order valence-electron chi connectivity index (χ1n) is 28.9. The third-order valence-electron chi connectivity index (χ3n) is 16.9. The highest BCUT2D eigenvalue weighted by Gasteiger charge is 2.43. The maximum absolute atomic E-state index is 4.01. The van der Waals surface area contributed by atoms with E-state index in [0.29, 0.717) is 0 Å². The lowest BCUT2D eigenvalue weighted by Gasteiger charge is -2.34. The molecule has 0 saturated heterocycles. The Balaban J connectivity index is 1.03. The highest BCUT2D eigenvalue weighted by molar-refractivity contribution is 6.12. The van der Waals surface area contributed by atoms with Gasteiger partial charge in [0.25, 0.3) is 0 Å². The van der Waals surface area contributed by atoms with E-state index >= 15 is 0 Å². The van der Waals surface area contributed by atoms with E-state index in [9.17, 15) is 0 Å². The van der Waals surface area contributed by atoms with Crippen molar-refractivity contribution < 1.29 is 0 Å². The molecule has 11 aromatic rings. The second kappa shape index (κ2) is 22.7. The fraction of sp³-hybridized carbons (Fsp3) is 0.169. The van der Waals surface area contributed by atoms with Crippen molar-refractivity contribution in [2.75, 3.05) is 4.90 Å². The summed E-state index contributed by atoms with van der Waals surface area (Å²) in [6.07, 6.45) is 15.9. The van der Waals surface area contributed by atoms with Gasteiger partial charge in [0.15, 0.2) is 0 Å². The summed E-state index contributed by atoms with van der Waals surface area (Å²) in [6, 6.07) is 86.3. The van der Waals surface area contributed by atoms with Crippen LogP contribution in [0.25, 0.3) is 95.3 Å². The lowest BCUT2D eigenvalue weighted by atomic mass is 9.70. The van der Waals surface area contributed by atoms with Crippen LogP contribution in [-0.2, 0) is 5.41 Å². The van der Waals surface area contributed by atoms with Gasteiger partial charge in [-0.1, -0.05) is 248 Å². The van der Waals surface area contributed by atoms with Crippen LogP contribution < -0.4 is 4.90 Å². The molecule has 1 aliphatic carbocycles. The normalized spacial score (nSPS) is 12.4. The van der Waals surface area contributed by atoms with E-state index in [4.69, 9.17) is 0 Å². The standard InChI is InChI=1S/C77H70N2/c1-5-9-11-19-49-77(50-20-12-10-6-2)73-46-44-67(79-75-47-37-63(61-29-25-55(7-3)26-30-61)51-71(75)72-52-64(38-48-76(72)79)62-31-27-56(8-4)28-32-62)53-70(73)69-45-43-68(54-74(69)77)78(65-39-33-59(34-40-65)57-21-15-13-16-22-57)66-41-35-60(36-42-66)58-23-17-14-18-24-58/h7-8,13-18,21-48,51-54H,3-6,9-12,19-20,49-50H2,1-2H3. The number of aromatic nitrogens is 1. The predicted molar refractivity (Wildman–Crippen MR) is 341 cm³/mol. The molecular weight excluding hydrogens is 953 g/mol. The van der Waals surface area contributed by atoms with Crippen LogP contribution in [-0.4, -0.2) is 4.57 Å². The van der Waals surface area contributed by atoms with Gasteiger partial charge < -0.3 is 9.47 Å². The molecule has 0 aliphatic heterocycles. The summed E-state index contributed by atoms with van der Waals surface area (Å²) in [7, 11) is 0. The number of unbranched alkanes of at least 4 members (excludes halogenated alkanes) is 6. The summed E-state index contributed by atoms with van der Waals surface area (Å²) in [5.41, 5.74) is 24.5. The zero-order valence-electron chi connectivity index (χ0n) is 46.0. The van der Waals surface area contributed by atoms with Crippen LogP contribution in [0.15, 0.2) is 244 Å². The van der Waals surface area contributed by atoms with Gasteiger partial charge >= 0.3 is 0 Å². The summed E-state index contributed by atoms with van der Waals surface area (Å²) < 4.78 is 2.52. The SMILES string of the molecule is C=Cc1ccc(-c2ccc3c(c2)c2cc(-c4ccc(C=C)cc4)ccc2n3-c2ccc3c(c2)-c2ccc(N(c4ccc(-c5ccccc5)cc4)c4ccc(-c5ccccc5)cc4)cc2C3(CCCCCC)CCCCCC)cc1. The Bertz CT molecular complexity index is 3710. The van der Waals surface area contributed by atoms with Crippen molar-refractivity contribution in [2.24, 2.45) is 0 Å². The summed E-state index contributed by atoms with van der Waals surface area (Å²) in [4.78, 5) is 2.49. The third-order valence-corrected chi connectivity index (χ3v) is 16.9. The monoisotopic (exact) mass is 1020 g/mol. The number of rotatable bonds is 20. The highest BCUT2D eigenvalue weighted by Crippen LogP contribution is 2.56. The molecule has 2 heteroatoms. The quantitative estimate of drug-likeness (QED) is 0.0691. The molecule has 0 N–H and O–H groups in total. The second-order valence-electron chi connectivity index (χ2n) is 21.8. The molecular formula is C77H70N2. The number of nitrogens with zero attached hydrogens (tertiary/aromatic N) is 2. The highest BCUT2D eigenvalue weighted by atomic mass is 15.1. The first-order valence-corrected chi connectivity index (χ1v) is 28.9. The van der Waals surface area contributed by atoms with E-state index in [0.717, 1.165) is 35.3 Å². The molecule has 0 fully saturated rings. The Kier molecular flexibility index (Phi) is 14.7. The van der Waals surface area contributed by atoms with Gasteiger partial charge in [-0.05, 0) is 164 Å². The van der Waals surface area contributed by atoms with Crippen LogP contribution in [0.4, 0.5) is 17.1 Å². The molecule has 79 heavy (non-hydrogen) atoms. The molecule has 0 unspecified atom stereocenters. The predicted octanol–water partition coefficient (Wildman–Crippen LogP) is 22.4. The van der Waals surface area contributed by atoms with E-state index in [1.165, 1.54) is 151 Å². The van der Waals surface area contributed by atoms with Gasteiger partial charge in [-0.3, -0.25) is 0 Å². The Hall–Kier alpha value is -8.72. The molecule has 12 rings (SSSR count). The minimum Gasteiger partial charge on any atom is -0.310 e. The summed E-state index contributed by atoms with van der Waals surface area (Å²) in [6.45, 7) is 12.7. The lowest BCUT2D eigenvalue weighted by Crippen LogP contribution is -2.26. The van der Waals surface area contributed by atoms with Crippen molar-refractivity contribution in [3.05, 3.63) is 266 Å². The van der Waals surface area contributed by atoms with Crippen molar-refractivity contribution in [3.8, 4) is 61.3 Å². The molecule has 0 radical (unpaired) electrons. The Morgan fingerprint density at radius 1 is 0.367 bits per heavy atom. The molecule has 0 spiro atoms. The zero-order chi connectivity index (χ0) is 53.7. The first kappa shape index (κ1) is 51.1. The number of anilines is 3. The summed E-state index contributed by atoms with van der Waals surface area (Å²) in [5.74, 6) is 0. The third kappa shape index (κ3) is 9.98. The molecule has 0 saturated carbocycles. The smallest absolute Gasteiger partial charge is 0.0541 e. The topological polar surface area (TPSA) is 8.17 Å². The van der Waals surface area contributed by atoms with Crippen LogP contribution in [0.1, 0.15) is 100 Å². The van der Waals surface area contributed by atoms with Crippen LogP contribution in [0.3, 0.4) is 0 Å². The largest absolute Gasteiger partial charge is 0.310 e. The average molecular weight is 1020 g/mol. The fourth-order valence-corrected chi connectivity index (χ4v) is 12.7. The van der Waals surface area contributed by atoms with Gasteiger partial charge in [0.1, 0.15) is 0 Å². The van der Waals surface area contributed by atoms with Gasteiger partial charge in [-0.15, -0.1) is 0 Å². The second-order valence-corrected chi connectivity index (χ2v) is 21.8. The van der Waals surface area contributed by atoms with Crippen molar-refractivity contribution in [2.45, 2.75) is 83.5 Å². The maximum atomic E-state index is 4.01. The zero-order valence-corrected chi connectivity index (χ0v) is 46.0. The van der Waals surface area contributed by atoms with Crippen LogP contribution in [0.2, 0.25) is 0 Å². The van der Waals surface area contributed by atoms with Gasteiger partial charge in [-0.2, -0.15) is 0 Å². The first-order chi connectivity index (χ1) is 39.0. The molecule has 388 valence electrons. The van der Waals surface area contributed by atoms with Gasteiger partial charge in [0, 0.05) is 38.9 Å². The van der Waals surface area contributed by atoms with E-state index in [1.54, 1.807) is 0 Å². The molecule has 1 aromatic heterocycles. The molecule has 10 aromatic carbocycles. The average Bonchev–Trinajstić information content (AvgIpc) is 4.16. The van der Waals surface area contributed by atoms with E-state index in [-0.39, 0.29) is 5.41 Å². The number of hydrogen-bond acceptors (Lipinski definition) is 1. The fourth-order valence-electron chi connectivity index (χ4n) is 12.7. The number of fused-ring (bicyclic) bond motifs is 6. The van der Waals surface area contributed by atoms with Crippen LogP contribution in [0.5, 0.6) is 0 Å². The van der Waals surface area contributed by atoms with Crippen molar-refractivity contribution in [3.63, 3.8) is 0 Å².